The number of aliphatic hydroxyl groups excluding tert-OH is 1. The summed E-state index contributed by atoms with van der Waals surface area (Å²) in [7, 11) is -1.90. The third-order valence-corrected chi connectivity index (χ3v) is 2.31. The van der Waals surface area contributed by atoms with Crippen LogP contribution in [-0.4, -0.2) is 32.4 Å². The molecule has 0 aromatic rings. The zero-order chi connectivity index (χ0) is 7.49. The van der Waals surface area contributed by atoms with Gasteiger partial charge in [0.05, 0.1) is 11.9 Å². The molecule has 0 aliphatic carbocycles. The van der Waals surface area contributed by atoms with E-state index in [4.69, 9.17) is 5.11 Å². The van der Waals surface area contributed by atoms with Crippen LogP contribution in [0.4, 0.5) is 0 Å². The van der Waals surface area contributed by atoms with Gasteiger partial charge in [-0.15, -0.1) is 0 Å². The summed E-state index contributed by atoms with van der Waals surface area (Å²) in [6.07, 6.45) is -0.803. The first-order valence-electron chi connectivity index (χ1n) is 2.57. The Kier molecular flexibility index (Phi) is 3.10. The molecule has 0 radical (unpaired) electrons. The lowest BCUT2D eigenvalue weighted by Gasteiger charge is -2.02. The average molecular weight is 153 g/mol. The zero-order valence-electron chi connectivity index (χ0n) is 5.46. The molecular formula is C4H11NO3S. The second kappa shape index (κ2) is 3.14. The first-order valence-corrected chi connectivity index (χ1v) is 4.22. The number of hydrogen-bond acceptors (Lipinski definition) is 3. The third kappa shape index (κ3) is 4.38. The van der Waals surface area contributed by atoms with E-state index in [1.54, 1.807) is 0 Å². The minimum atomic E-state index is -3.22. The Morgan fingerprint density at radius 1 is 1.67 bits per heavy atom. The van der Waals surface area contributed by atoms with E-state index in [0.717, 1.165) is 0 Å². The van der Waals surface area contributed by atoms with Crippen LogP contribution in [0.25, 0.3) is 0 Å². The highest BCUT2D eigenvalue weighted by atomic mass is 32.2. The molecule has 0 aliphatic rings. The van der Waals surface area contributed by atoms with Crippen molar-refractivity contribution in [2.24, 2.45) is 0 Å². The van der Waals surface area contributed by atoms with Crippen LogP contribution in [-0.2, 0) is 10.0 Å². The summed E-state index contributed by atoms with van der Waals surface area (Å²) < 4.78 is 23.2. The Balaban J connectivity index is 3.90. The van der Waals surface area contributed by atoms with Gasteiger partial charge >= 0.3 is 0 Å². The summed E-state index contributed by atoms with van der Waals surface area (Å²) in [5, 5.41) is 8.60. The molecule has 4 nitrogen and oxygen atoms in total. The van der Waals surface area contributed by atoms with Gasteiger partial charge in [-0.1, -0.05) is 0 Å². The maximum absolute atomic E-state index is 10.5. The van der Waals surface area contributed by atoms with Crippen molar-refractivity contribution >= 4 is 10.0 Å². The molecule has 0 rings (SSSR count). The molecule has 0 aromatic heterocycles. The molecule has 56 valence electrons. The lowest BCUT2D eigenvalue weighted by atomic mass is 10.5. The Labute approximate surface area is 54.9 Å². The second-order valence-electron chi connectivity index (χ2n) is 1.83. The number of sulfonamides is 1. The fraction of sp³-hybridized carbons (Fsp3) is 1.00. The Hall–Kier alpha value is -0.130. The lowest BCUT2D eigenvalue weighted by Crippen LogP contribution is -2.27. The van der Waals surface area contributed by atoms with Gasteiger partial charge in [0.2, 0.25) is 10.0 Å². The summed E-state index contributed by atoms with van der Waals surface area (Å²) in [5.74, 6) is -0.233. The van der Waals surface area contributed by atoms with Crippen molar-refractivity contribution in [3.63, 3.8) is 0 Å². The maximum atomic E-state index is 10.5. The van der Waals surface area contributed by atoms with Crippen molar-refractivity contribution in [3.8, 4) is 0 Å². The molecule has 5 heteroatoms. The topological polar surface area (TPSA) is 66.4 Å². The molecule has 0 bridgehead atoms. The number of hydrogen-bond donors (Lipinski definition) is 2. The Morgan fingerprint density at radius 3 is 2.22 bits per heavy atom. The van der Waals surface area contributed by atoms with E-state index in [1.807, 2.05) is 0 Å². The fourth-order valence-electron chi connectivity index (χ4n) is 0.401. The van der Waals surface area contributed by atoms with E-state index < -0.39 is 16.1 Å². The van der Waals surface area contributed by atoms with Gasteiger partial charge in [0.15, 0.2) is 0 Å². The van der Waals surface area contributed by atoms with Crippen LogP contribution in [0.1, 0.15) is 6.92 Å². The minimum Gasteiger partial charge on any atom is -0.392 e. The van der Waals surface area contributed by atoms with E-state index in [9.17, 15) is 8.42 Å². The highest BCUT2D eigenvalue weighted by Gasteiger charge is 2.09. The molecule has 1 atom stereocenters. The van der Waals surface area contributed by atoms with Gasteiger partial charge in [-0.2, -0.15) is 0 Å². The van der Waals surface area contributed by atoms with Gasteiger partial charge < -0.3 is 5.11 Å². The average Bonchev–Trinajstić information content (AvgIpc) is 1.63. The van der Waals surface area contributed by atoms with Crippen LogP contribution < -0.4 is 4.72 Å². The normalized spacial score (nSPS) is 15.4. The summed E-state index contributed by atoms with van der Waals surface area (Å²) in [4.78, 5) is 0. The monoisotopic (exact) mass is 153 g/mol. The molecule has 0 saturated carbocycles. The van der Waals surface area contributed by atoms with Crippen LogP contribution in [0.2, 0.25) is 0 Å². The van der Waals surface area contributed by atoms with E-state index in [2.05, 4.69) is 4.72 Å². The molecule has 0 aliphatic heterocycles. The standard InChI is InChI=1S/C4H11NO3S/c1-4(6)3-9(7,8)5-2/h4-6H,3H2,1-2H3/t4-/m0/s1. The molecule has 0 unspecified atom stereocenters. The highest BCUT2D eigenvalue weighted by molar-refractivity contribution is 7.89. The Bertz CT molecular complexity index is 161. The first-order chi connectivity index (χ1) is 3.98. The van der Waals surface area contributed by atoms with Crippen molar-refractivity contribution in [1.82, 2.24) is 4.72 Å². The largest absolute Gasteiger partial charge is 0.392 e. The van der Waals surface area contributed by atoms with Crippen molar-refractivity contribution in [1.29, 1.82) is 0 Å². The Morgan fingerprint density at radius 2 is 2.11 bits per heavy atom. The zero-order valence-corrected chi connectivity index (χ0v) is 6.27. The van der Waals surface area contributed by atoms with Gasteiger partial charge in [0.25, 0.3) is 0 Å². The molecule has 0 aromatic carbocycles. The van der Waals surface area contributed by atoms with Crippen LogP contribution in [0.3, 0.4) is 0 Å². The van der Waals surface area contributed by atoms with Crippen LogP contribution >= 0.6 is 0 Å². The van der Waals surface area contributed by atoms with Crippen LogP contribution in [0, 0.1) is 0 Å². The minimum absolute atomic E-state index is 0.233. The SMILES string of the molecule is CNS(=O)(=O)C[C@H](C)O. The summed E-state index contributed by atoms with van der Waals surface area (Å²) in [6.45, 7) is 1.43. The van der Waals surface area contributed by atoms with Crippen molar-refractivity contribution in [2.45, 2.75) is 13.0 Å². The van der Waals surface area contributed by atoms with E-state index in [0.29, 0.717) is 0 Å². The quantitative estimate of drug-likeness (QED) is 0.542. The molecule has 0 heterocycles. The van der Waals surface area contributed by atoms with Crippen molar-refractivity contribution in [2.75, 3.05) is 12.8 Å². The second-order valence-corrected chi connectivity index (χ2v) is 3.81. The molecule has 2 N–H and O–H groups in total. The summed E-state index contributed by atoms with van der Waals surface area (Å²) in [6, 6.07) is 0. The first kappa shape index (κ1) is 8.87. The number of aliphatic hydroxyl groups is 1. The fourth-order valence-corrected chi connectivity index (χ4v) is 1.20. The smallest absolute Gasteiger partial charge is 0.213 e. The molecule has 9 heavy (non-hydrogen) atoms. The van der Waals surface area contributed by atoms with E-state index in [-0.39, 0.29) is 5.75 Å². The highest BCUT2D eigenvalue weighted by Crippen LogP contribution is 1.86. The van der Waals surface area contributed by atoms with Crippen molar-refractivity contribution < 1.29 is 13.5 Å². The molecular weight excluding hydrogens is 142 g/mol. The lowest BCUT2D eigenvalue weighted by molar-refractivity contribution is 0.218. The molecule has 0 saturated heterocycles. The number of rotatable bonds is 3. The summed E-state index contributed by atoms with van der Waals surface area (Å²) in [5.41, 5.74) is 0. The third-order valence-electron chi connectivity index (χ3n) is 0.772. The van der Waals surface area contributed by atoms with Gasteiger partial charge in [0, 0.05) is 0 Å². The van der Waals surface area contributed by atoms with Gasteiger partial charge in [-0.25, -0.2) is 13.1 Å². The maximum Gasteiger partial charge on any atom is 0.213 e. The summed E-state index contributed by atoms with van der Waals surface area (Å²) >= 11 is 0. The molecule has 0 fully saturated rings. The number of nitrogens with one attached hydrogen (secondary N) is 1. The van der Waals surface area contributed by atoms with Gasteiger partial charge in [-0.05, 0) is 14.0 Å². The van der Waals surface area contributed by atoms with Gasteiger partial charge in [-0.3, -0.25) is 0 Å². The van der Waals surface area contributed by atoms with E-state index >= 15 is 0 Å². The van der Waals surface area contributed by atoms with Gasteiger partial charge in [0.1, 0.15) is 0 Å². The predicted octanol–water partition coefficient (Wildman–Crippen LogP) is -1.08. The van der Waals surface area contributed by atoms with Crippen LogP contribution in [0.5, 0.6) is 0 Å². The van der Waals surface area contributed by atoms with E-state index in [1.165, 1.54) is 14.0 Å². The molecule has 0 spiro atoms. The predicted molar refractivity (Wildman–Crippen MR) is 34.5 cm³/mol. The van der Waals surface area contributed by atoms with Crippen LogP contribution in [0.15, 0.2) is 0 Å². The van der Waals surface area contributed by atoms with Crippen molar-refractivity contribution in [3.05, 3.63) is 0 Å². The molecule has 0 amide bonds.